The molecule has 0 fully saturated rings. The highest BCUT2D eigenvalue weighted by Gasteiger charge is 2.12. The number of carbonyl (C=O) groups is 2. The van der Waals surface area contributed by atoms with Crippen LogP contribution in [0.5, 0.6) is 0 Å². The molecule has 16 heavy (non-hydrogen) atoms. The van der Waals surface area contributed by atoms with Gasteiger partial charge in [0.25, 0.3) is 0 Å². The Morgan fingerprint density at radius 3 is 2.75 bits per heavy atom. The zero-order valence-electron chi connectivity index (χ0n) is 9.03. The van der Waals surface area contributed by atoms with Gasteiger partial charge in [0.05, 0.1) is 6.61 Å². The van der Waals surface area contributed by atoms with E-state index in [0.717, 1.165) is 10.9 Å². The Morgan fingerprint density at radius 1 is 1.38 bits per heavy atom. The third-order valence-corrected chi connectivity index (χ3v) is 2.41. The molecule has 0 saturated heterocycles. The van der Waals surface area contributed by atoms with Crippen LogP contribution < -0.4 is 0 Å². The van der Waals surface area contributed by atoms with Gasteiger partial charge in [-0.1, -0.05) is 35.0 Å². The van der Waals surface area contributed by atoms with Crippen molar-refractivity contribution >= 4 is 27.7 Å². The van der Waals surface area contributed by atoms with Crippen LogP contribution in [0.3, 0.4) is 0 Å². The average molecular weight is 285 g/mol. The molecule has 1 rings (SSSR count). The van der Waals surface area contributed by atoms with E-state index in [2.05, 4.69) is 15.9 Å². The summed E-state index contributed by atoms with van der Waals surface area (Å²) in [5.74, 6) is -0.686. The predicted molar refractivity (Wildman–Crippen MR) is 64.3 cm³/mol. The molecule has 0 bridgehead atoms. The quantitative estimate of drug-likeness (QED) is 0.474. The number of Topliss-reactive ketones (excluding diaryl/α,β-unsaturated/α-hetero) is 1. The Labute approximate surface area is 103 Å². The van der Waals surface area contributed by atoms with Crippen molar-refractivity contribution in [3.63, 3.8) is 0 Å². The van der Waals surface area contributed by atoms with Gasteiger partial charge in [0, 0.05) is 10.0 Å². The van der Waals surface area contributed by atoms with E-state index in [1.165, 1.54) is 0 Å². The van der Waals surface area contributed by atoms with Crippen molar-refractivity contribution in [1.82, 2.24) is 0 Å². The van der Waals surface area contributed by atoms with Crippen LogP contribution in [0.15, 0.2) is 28.7 Å². The third-order valence-electron chi connectivity index (χ3n) is 1.92. The first-order chi connectivity index (χ1) is 7.63. The Morgan fingerprint density at radius 2 is 2.12 bits per heavy atom. The Kier molecular flexibility index (Phi) is 5.19. The normalized spacial score (nSPS) is 9.88. The monoisotopic (exact) mass is 284 g/mol. The average Bonchev–Trinajstić information content (AvgIpc) is 2.26. The molecule has 0 spiro atoms. The lowest BCUT2D eigenvalue weighted by Gasteiger charge is -2.03. The van der Waals surface area contributed by atoms with Crippen LogP contribution >= 0.6 is 15.9 Å². The minimum absolute atomic E-state index is 0.198. The second-order valence-corrected chi connectivity index (χ2v) is 4.25. The molecule has 0 aliphatic rings. The van der Waals surface area contributed by atoms with Gasteiger partial charge in [0.1, 0.15) is 6.42 Å². The van der Waals surface area contributed by atoms with Crippen molar-refractivity contribution in [2.75, 3.05) is 6.61 Å². The molecule has 0 radical (unpaired) electrons. The van der Waals surface area contributed by atoms with Gasteiger partial charge in [-0.15, -0.1) is 0 Å². The molecule has 0 aliphatic heterocycles. The molecule has 0 aliphatic carbocycles. The Hall–Kier alpha value is -1.16. The van der Waals surface area contributed by atoms with Gasteiger partial charge >= 0.3 is 5.97 Å². The number of ether oxygens (including phenoxy) is 1. The summed E-state index contributed by atoms with van der Waals surface area (Å²) in [5.41, 5.74) is 0.517. The number of hydrogen-bond donors (Lipinski definition) is 0. The Balaban J connectivity index is 2.55. The second-order valence-electron chi connectivity index (χ2n) is 3.33. The van der Waals surface area contributed by atoms with Gasteiger partial charge in [-0.3, -0.25) is 9.59 Å². The number of halogens is 1. The number of rotatable bonds is 5. The summed E-state index contributed by atoms with van der Waals surface area (Å²) >= 11 is 3.27. The van der Waals surface area contributed by atoms with E-state index >= 15 is 0 Å². The highest BCUT2D eigenvalue weighted by atomic mass is 79.9. The lowest BCUT2D eigenvalue weighted by atomic mass is 10.1. The maximum absolute atomic E-state index is 11.6. The largest absolute Gasteiger partial charge is 0.465 e. The molecule has 0 unspecified atom stereocenters. The number of esters is 1. The molecule has 4 heteroatoms. The molecule has 0 aromatic heterocycles. The van der Waals surface area contributed by atoms with Gasteiger partial charge in [0.15, 0.2) is 5.78 Å². The fourth-order valence-corrected chi connectivity index (χ4v) is 1.56. The summed E-state index contributed by atoms with van der Waals surface area (Å²) in [4.78, 5) is 22.9. The summed E-state index contributed by atoms with van der Waals surface area (Å²) in [7, 11) is 0. The van der Waals surface area contributed by atoms with E-state index in [4.69, 9.17) is 4.74 Å². The van der Waals surface area contributed by atoms with Crippen molar-refractivity contribution in [3.8, 4) is 0 Å². The SMILES string of the molecule is CCCOC(=O)CC(=O)c1cccc(Br)c1. The highest BCUT2D eigenvalue weighted by molar-refractivity contribution is 9.10. The minimum atomic E-state index is -0.466. The van der Waals surface area contributed by atoms with Crippen molar-refractivity contribution in [2.45, 2.75) is 19.8 Å². The fourth-order valence-electron chi connectivity index (χ4n) is 1.16. The van der Waals surface area contributed by atoms with Crippen molar-refractivity contribution in [2.24, 2.45) is 0 Å². The zero-order valence-corrected chi connectivity index (χ0v) is 10.6. The summed E-state index contributed by atoms with van der Waals surface area (Å²) in [6.07, 6.45) is 0.563. The van der Waals surface area contributed by atoms with Gasteiger partial charge in [-0.2, -0.15) is 0 Å². The Bertz CT molecular complexity index is 388. The zero-order chi connectivity index (χ0) is 12.0. The standard InChI is InChI=1S/C12H13BrO3/c1-2-6-16-12(15)8-11(14)9-4-3-5-10(13)7-9/h3-5,7H,2,6,8H2,1H3. The van der Waals surface area contributed by atoms with Crippen LogP contribution in [-0.2, 0) is 9.53 Å². The fraction of sp³-hybridized carbons (Fsp3) is 0.333. The molecule has 1 aromatic rings. The summed E-state index contributed by atoms with van der Waals surface area (Å²) in [6.45, 7) is 2.27. The van der Waals surface area contributed by atoms with E-state index in [0.29, 0.717) is 12.2 Å². The third kappa shape index (κ3) is 4.14. The van der Waals surface area contributed by atoms with E-state index in [1.54, 1.807) is 18.2 Å². The summed E-state index contributed by atoms with van der Waals surface area (Å²) in [6, 6.07) is 6.95. The van der Waals surface area contributed by atoms with Crippen molar-refractivity contribution < 1.29 is 14.3 Å². The minimum Gasteiger partial charge on any atom is -0.465 e. The molecule has 0 heterocycles. The van der Waals surface area contributed by atoms with Gasteiger partial charge in [-0.25, -0.2) is 0 Å². The number of benzene rings is 1. The van der Waals surface area contributed by atoms with Gasteiger partial charge < -0.3 is 4.74 Å². The first kappa shape index (κ1) is 12.9. The van der Waals surface area contributed by atoms with Crippen LogP contribution in [0.25, 0.3) is 0 Å². The number of carbonyl (C=O) groups excluding carboxylic acids is 2. The topological polar surface area (TPSA) is 43.4 Å². The maximum atomic E-state index is 11.6. The second kappa shape index (κ2) is 6.43. The molecule has 0 N–H and O–H groups in total. The summed E-state index contributed by atoms with van der Waals surface area (Å²) in [5, 5.41) is 0. The molecule has 1 aromatic carbocycles. The number of ketones is 1. The van der Waals surface area contributed by atoms with Gasteiger partial charge in [0.2, 0.25) is 0 Å². The predicted octanol–water partition coefficient (Wildman–Crippen LogP) is 2.98. The van der Waals surface area contributed by atoms with Crippen LogP contribution in [0, 0.1) is 0 Å². The van der Waals surface area contributed by atoms with Crippen LogP contribution in [0.4, 0.5) is 0 Å². The van der Waals surface area contributed by atoms with Crippen LogP contribution in [-0.4, -0.2) is 18.4 Å². The highest BCUT2D eigenvalue weighted by Crippen LogP contribution is 2.13. The summed E-state index contributed by atoms with van der Waals surface area (Å²) < 4.78 is 5.66. The molecule has 86 valence electrons. The molecular weight excluding hydrogens is 272 g/mol. The number of hydrogen-bond acceptors (Lipinski definition) is 3. The van der Waals surface area contributed by atoms with Gasteiger partial charge in [-0.05, 0) is 18.6 Å². The first-order valence-corrected chi connectivity index (χ1v) is 5.87. The van der Waals surface area contributed by atoms with E-state index < -0.39 is 5.97 Å². The maximum Gasteiger partial charge on any atom is 0.313 e. The van der Waals surface area contributed by atoms with Crippen LogP contribution in [0.1, 0.15) is 30.1 Å². The smallest absolute Gasteiger partial charge is 0.313 e. The van der Waals surface area contributed by atoms with Crippen molar-refractivity contribution in [1.29, 1.82) is 0 Å². The van der Waals surface area contributed by atoms with Crippen LogP contribution in [0.2, 0.25) is 0 Å². The lowest BCUT2D eigenvalue weighted by molar-refractivity contribution is -0.142. The van der Waals surface area contributed by atoms with E-state index in [1.807, 2.05) is 13.0 Å². The molecule has 3 nitrogen and oxygen atoms in total. The molecule has 0 atom stereocenters. The van der Waals surface area contributed by atoms with E-state index in [-0.39, 0.29) is 12.2 Å². The molecule has 0 saturated carbocycles. The molecule has 0 amide bonds. The lowest BCUT2D eigenvalue weighted by Crippen LogP contribution is -2.11. The first-order valence-electron chi connectivity index (χ1n) is 5.08. The molecular formula is C12H13BrO3. The van der Waals surface area contributed by atoms with E-state index in [9.17, 15) is 9.59 Å². The van der Waals surface area contributed by atoms with Crippen molar-refractivity contribution in [3.05, 3.63) is 34.3 Å².